The van der Waals surface area contributed by atoms with E-state index in [1.807, 2.05) is 24.3 Å². The Balaban J connectivity index is 2.08. The largest absolute Gasteiger partial charge is 0.392 e. The van der Waals surface area contributed by atoms with Crippen molar-refractivity contribution < 1.29 is 10.0 Å². The van der Waals surface area contributed by atoms with Crippen molar-refractivity contribution in [2.45, 2.75) is 13.2 Å². The van der Waals surface area contributed by atoms with E-state index in [2.05, 4.69) is 26.2 Å². The van der Waals surface area contributed by atoms with Gasteiger partial charge in [-0.25, -0.2) is 4.98 Å². The zero-order valence-electron chi connectivity index (χ0n) is 10.4. The quantitative estimate of drug-likeness (QED) is 0.646. The number of nitrogens with zero attached hydrogens (tertiary/aromatic N) is 2. The van der Waals surface area contributed by atoms with E-state index in [0.29, 0.717) is 16.8 Å². The molecule has 20 heavy (non-hydrogen) atoms. The average Bonchev–Trinajstić information content (AvgIpc) is 2.46. The van der Waals surface area contributed by atoms with Crippen molar-refractivity contribution in [2.75, 3.05) is 5.32 Å². The minimum Gasteiger partial charge on any atom is -0.392 e. The van der Waals surface area contributed by atoms with Crippen molar-refractivity contribution in [3.8, 4) is 0 Å². The van der Waals surface area contributed by atoms with Gasteiger partial charge in [-0.2, -0.15) is 0 Å². The summed E-state index contributed by atoms with van der Waals surface area (Å²) in [5.41, 5.74) is 1.76. The van der Waals surface area contributed by atoms with Gasteiger partial charge in [0.2, 0.25) is 0 Å². The predicted molar refractivity (Wildman–Crippen MR) is 78.3 cm³/mol. The number of pyridine rings is 1. The molecular formula is C13H12BrN3O3. The Hall–Kier alpha value is -1.99. The molecule has 0 aliphatic heterocycles. The van der Waals surface area contributed by atoms with Crippen LogP contribution >= 0.6 is 15.9 Å². The molecule has 2 N–H and O–H groups in total. The van der Waals surface area contributed by atoms with Crippen LogP contribution in [0.15, 0.2) is 41.0 Å². The van der Waals surface area contributed by atoms with Gasteiger partial charge in [-0.05, 0) is 27.1 Å². The number of aliphatic hydroxyl groups excluding tert-OH is 1. The molecule has 0 saturated heterocycles. The van der Waals surface area contributed by atoms with Crippen LogP contribution in [0.5, 0.6) is 0 Å². The van der Waals surface area contributed by atoms with Crippen LogP contribution in [0.2, 0.25) is 0 Å². The number of halogens is 1. The van der Waals surface area contributed by atoms with E-state index >= 15 is 0 Å². The Morgan fingerprint density at radius 3 is 2.75 bits per heavy atom. The number of rotatable bonds is 5. The number of aromatic nitrogens is 1. The maximum Gasteiger partial charge on any atom is 0.288 e. The van der Waals surface area contributed by atoms with Crippen LogP contribution in [0.25, 0.3) is 0 Å². The third-order valence-electron chi connectivity index (χ3n) is 2.67. The Bertz CT molecular complexity index is 634. The predicted octanol–water partition coefficient (Wildman–Crippen LogP) is 2.86. The fraction of sp³-hybridized carbons (Fsp3) is 0.154. The molecule has 6 nitrogen and oxygen atoms in total. The Morgan fingerprint density at radius 1 is 1.35 bits per heavy atom. The zero-order valence-corrected chi connectivity index (χ0v) is 12.0. The van der Waals surface area contributed by atoms with Crippen molar-refractivity contribution in [3.05, 3.63) is 62.2 Å². The summed E-state index contributed by atoms with van der Waals surface area (Å²) in [5.74, 6) is 0.532. The Morgan fingerprint density at radius 2 is 2.10 bits per heavy atom. The van der Waals surface area contributed by atoms with E-state index in [0.717, 1.165) is 11.1 Å². The average molecular weight is 338 g/mol. The van der Waals surface area contributed by atoms with E-state index in [9.17, 15) is 10.1 Å². The smallest absolute Gasteiger partial charge is 0.288 e. The summed E-state index contributed by atoms with van der Waals surface area (Å²) in [5, 5.41) is 22.8. The minimum atomic E-state index is -0.494. The minimum absolute atomic E-state index is 0.00663. The summed E-state index contributed by atoms with van der Waals surface area (Å²) in [6, 6.07) is 8.90. The molecule has 0 unspecified atom stereocenters. The molecule has 0 atom stereocenters. The second kappa shape index (κ2) is 6.44. The number of anilines is 1. The first-order chi connectivity index (χ1) is 9.60. The monoisotopic (exact) mass is 337 g/mol. The van der Waals surface area contributed by atoms with Crippen molar-refractivity contribution in [1.29, 1.82) is 0 Å². The molecule has 0 aliphatic rings. The number of hydrogen-bond acceptors (Lipinski definition) is 5. The number of hydrogen-bond donors (Lipinski definition) is 2. The highest BCUT2D eigenvalue weighted by molar-refractivity contribution is 9.10. The fourth-order valence-corrected chi connectivity index (χ4v) is 2.16. The lowest BCUT2D eigenvalue weighted by atomic mass is 10.1. The zero-order chi connectivity index (χ0) is 14.5. The van der Waals surface area contributed by atoms with Gasteiger partial charge in [-0.1, -0.05) is 24.3 Å². The first kappa shape index (κ1) is 14.4. The van der Waals surface area contributed by atoms with Gasteiger partial charge in [0.05, 0.1) is 16.0 Å². The summed E-state index contributed by atoms with van der Waals surface area (Å²) >= 11 is 3.25. The molecule has 2 rings (SSSR count). The van der Waals surface area contributed by atoms with Gasteiger partial charge < -0.3 is 10.4 Å². The van der Waals surface area contributed by atoms with Gasteiger partial charge in [0, 0.05) is 12.6 Å². The maximum absolute atomic E-state index is 10.6. The topological polar surface area (TPSA) is 88.3 Å². The van der Waals surface area contributed by atoms with Gasteiger partial charge in [0.25, 0.3) is 5.69 Å². The van der Waals surface area contributed by atoms with E-state index in [1.165, 1.54) is 12.3 Å². The third kappa shape index (κ3) is 3.52. The van der Waals surface area contributed by atoms with E-state index < -0.39 is 4.92 Å². The number of aliphatic hydroxyl groups is 1. The van der Waals surface area contributed by atoms with Crippen LogP contribution in [-0.4, -0.2) is 15.0 Å². The van der Waals surface area contributed by atoms with E-state index in [4.69, 9.17) is 5.11 Å². The summed E-state index contributed by atoms with van der Waals surface area (Å²) < 4.78 is 0.532. The van der Waals surface area contributed by atoms with Crippen molar-refractivity contribution >= 4 is 27.4 Å². The lowest BCUT2D eigenvalue weighted by molar-refractivity contribution is -0.385. The highest BCUT2D eigenvalue weighted by atomic mass is 79.9. The second-order valence-corrected chi connectivity index (χ2v) is 4.97. The van der Waals surface area contributed by atoms with Gasteiger partial charge in [0.1, 0.15) is 12.0 Å². The normalized spacial score (nSPS) is 10.3. The first-order valence-electron chi connectivity index (χ1n) is 5.82. The summed E-state index contributed by atoms with van der Waals surface area (Å²) in [6.07, 6.45) is 1.21. The third-order valence-corrected chi connectivity index (χ3v) is 3.28. The molecule has 1 heterocycles. The highest BCUT2D eigenvalue weighted by Gasteiger charge is 2.10. The summed E-state index contributed by atoms with van der Waals surface area (Å²) in [4.78, 5) is 14.1. The molecule has 104 valence electrons. The van der Waals surface area contributed by atoms with Gasteiger partial charge >= 0.3 is 0 Å². The summed E-state index contributed by atoms with van der Waals surface area (Å²) in [7, 11) is 0. The molecule has 0 spiro atoms. The lowest BCUT2D eigenvalue weighted by Gasteiger charge is -2.08. The SMILES string of the molecule is O=[N+]([O-])c1cnc(NCc2cccc(CO)c2)c(Br)c1. The lowest BCUT2D eigenvalue weighted by Crippen LogP contribution is -2.03. The van der Waals surface area contributed by atoms with E-state index in [-0.39, 0.29) is 12.3 Å². The molecule has 2 aromatic rings. The molecule has 1 aromatic heterocycles. The number of nitrogens with one attached hydrogen (secondary N) is 1. The van der Waals surface area contributed by atoms with Crippen LogP contribution in [0.3, 0.4) is 0 Å². The Kier molecular flexibility index (Phi) is 4.65. The van der Waals surface area contributed by atoms with Crippen molar-refractivity contribution in [2.24, 2.45) is 0 Å². The van der Waals surface area contributed by atoms with Gasteiger partial charge in [0.15, 0.2) is 0 Å². The van der Waals surface area contributed by atoms with Crippen LogP contribution in [-0.2, 0) is 13.2 Å². The van der Waals surface area contributed by atoms with Gasteiger partial charge in [-0.3, -0.25) is 10.1 Å². The van der Waals surface area contributed by atoms with Crippen LogP contribution in [0, 0.1) is 10.1 Å². The number of benzene rings is 1. The van der Waals surface area contributed by atoms with Crippen molar-refractivity contribution in [1.82, 2.24) is 4.98 Å². The Labute approximate surface area is 123 Å². The van der Waals surface area contributed by atoms with Crippen LogP contribution in [0.4, 0.5) is 11.5 Å². The molecule has 0 saturated carbocycles. The molecule has 0 radical (unpaired) electrons. The molecule has 1 aromatic carbocycles. The number of nitro groups is 1. The molecule has 0 fully saturated rings. The van der Waals surface area contributed by atoms with E-state index in [1.54, 1.807) is 0 Å². The molecule has 0 aliphatic carbocycles. The molecular weight excluding hydrogens is 326 g/mol. The summed E-state index contributed by atoms with van der Waals surface area (Å²) in [6.45, 7) is 0.505. The van der Waals surface area contributed by atoms with Crippen LogP contribution < -0.4 is 5.32 Å². The van der Waals surface area contributed by atoms with Gasteiger partial charge in [-0.15, -0.1) is 0 Å². The van der Waals surface area contributed by atoms with Crippen molar-refractivity contribution in [3.63, 3.8) is 0 Å². The molecule has 0 amide bonds. The standard InChI is InChI=1S/C13H12BrN3O3/c14-12-5-11(17(19)20)7-16-13(12)15-6-9-2-1-3-10(4-9)8-18/h1-5,7,18H,6,8H2,(H,15,16). The fourth-order valence-electron chi connectivity index (χ4n) is 1.68. The maximum atomic E-state index is 10.6. The second-order valence-electron chi connectivity index (χ2n) is 4.11. The molecule has 7 heteroatoms. The van der Waals surface area contributed by atoms with Crippen LogP contribution in [0.1, 0.15) is 11.1 Å². The molecule has 0 bridgehead atoms. The highest BCUT2D eigenvalue weighted by Crippen LogP contribution is 2.24. The first-order valence-corrected chi connectivity index (χ1v) is 6.62.